The molecule has 1 N–H and O–H groups in total. The van der Waals surface area contributed by atoms with E-state index in [1.807, 2.05) is 25.3 Å². The van der Waals surface area contributed by atoms with Crippen molar-refractivity contribution in [3.8, 4) is 5.13 Å². The van der Waals surface area contributed by atoms with E-state index < -0.39 is 14.9 Å². The van der Waals surface area contributed by atoms with E-state index in [2.05, 4.69) is 14.8 Å². The van der Waals surface area contributed by atoms with Gasteiger partial charge in [-0.2, -0.15) is 5.10 Å². The number of nitro benzene ring substituents is 1. The Labute approximate surface area is 159 Å². The Morgan fingerprint density at radius 3 is 2.56 bits per heavy atom. The van der Waals surface area contributed by atoms with Gasteiger partial charge in [0.05, 0.1) is 21.2 Å². The van der Waals surface area contributed by atoms with E-state index in [9.17, 15) is 18.5 Å². The van der Waals surface area contributed by atoms with Gasteiger partial charge in [0.15, 0.2) is 0 Å². The third-order valence-electron chi connectivity index (χ3n) is 3.76. The summed E-state index contributed by atoms with van der Waals surface area (Å²) in [5.41, 5.74) is 2.48. The molecule has 0 radical (unpaired) electrons. The van der Waals surface area contributed by atoms with Gasteiger partial charge in [-0.3, -0.25) is 10.1 Å². The lowest BCUT2D eigenvalue weighted by Crippen LogP contribution is -2.26. The van der Waals surface area contributed by atoms with Crippen LogP contribution in [0.15, 0.2) is 40.6 Å². The number of rotatable bonds is 7. The number of nitrogens with zero attached hydrogens (tertiary/aromatic N) is 4. The van der Waals surface area contributed by atoms with Gasteiger partial charge in [0.25, 0.3) is 5.69 Å². The number of nitrogens with one attached hydrogen (secondary N) is 1. The zero-order valence-electron chi connectivity index (χ0n) is 14.6. The topological polar surface area (TPSA) is 120 Å². The van der Waals surface area contributed by atoms with Gasteiger partial charge in [0.1, 0.15) is 0 Å². The molecule has 0 fully saturated rings. The lowest BCUT2D eigenvalue weighted by atomic mass is 10.3. The van der Waals surface area contributed by atoms with Crippen molar-refractivity contribution in [2.24, 2.45) is 0 Å². The van der Waals surface area contributed by atoms with E-state index in [0.717, 1.165) is 34.3 Å². The van der Waals surface area contributed by atoms with Crippen LogP contribution in [0.25, 0.3) is 5.13 Å². The van der Waals surface area contributed by atoms with Crippen LogP contribution in [0.2, 0.25) is 0 Å². The van der Waals surface area contributed by atoms with E-state index in [1.54, 1.807) is 4.68 Å². The van der Waals surface area contributed by atoms with Crippen molar-refractivity contribution in [1.29, 1.82) is 0 Å². The van der Waals surface area contributed by atoms with Crippen molar-refractivity contribution in [3.63, 3.8) is 0 Å². The number of hydrogen-bond acceptors (Lipinski definition) is 7. The Morgan fingerprint density at radius 1 is 1.26 bits per heavy atom. The van der Waals surface area contributed by atoms with Gasteiger partial charge in [-0.1, -0.05) is 0 Å². The summed E-state index contributed by atoms with van der Waals surface area (Å²) < 4.78 is 28.8. The molecule has 0 spiro atoms. The molecule has 0 amide bonds. The predicted molar refractivity (Wildman–Crippen MR) is 101 cm³/mol. The van der Waals surface area contributed by atoms with Crippen LogP contribution in [-0.2, 0) is 16.4 Å². The van der Waals surface area contributed by atoms with Gasteiger partial charge >= 0.3 is 0 Å². The van der Waals surface area contributed by atoms with Crippen LogP contribution in [0.1, 0.15) is 17.1 Å². The second kappa shape index (κ2) is 7.55. The normalized spacial score (nSPS) is 11.6. The maximum absolute atomic E-state index is 12.3. The molecule has 1 aromatic carbocycles. The average Bonchev–Trinajstić information content (AvgIpc) is 3.20. The summed E-state index contributed by atoms with van der Waals surface area (Å²) in [6.45, 7) is 4.02. The number of aromatic nitrogens is 3. The number of aryl methyl sites for hydroxylation is 2. The first-order valence-corrected chi connectivity index (χ1v) is 10.3. The molecule has 142 valence electrons. The number of sulfonamides is 1. The fourth-order valence-corrected chi connectivity index (χ4v) is 4.37. The average molecular weight is 407 g/mol. The van der Waals surface area contributed by atoms with Gasteiger partial charge in [-0.25, -0.2) is 22.8 Å². The Balaban J connectivity index is 1.62. The van der Waals surface area contributed by atoms with Crippen molar-refractivity contribution in [2.75, 3.05) is 6.54 Å². The van der Waals surface area contributed by atoms with E-state index in [0.29, 0.717) is 6.42 Å². The molecule has 0 aliphatic rings. The minimum atomic E-state index is -3.74. The minimum Gasteiger partial charge on any atom is -0.258 e. The predicted octanol–water partition coefficient (Wildman–Crippen LogP) is 2.37. The summed E-state index contributed by atoms with van der Waals surface area (Å²) in [4.78, 5) is 14.5. The molecule has 11 heteroatoms. The molecule has 0 saturated carbocycles. The second-order valence-corrected chi connectivity index (χ2v) is 8.46. The van der Waals surface area contributed by atoms with Gasteiger partial charge in [-0.15, -0.1) is 11.3 Å². The standard InChI is InChI=1S/C16H17N5O4S2/c1-11-9-12(2)20(19-11)16-18-13(10-26-16)7-8-17-27(24,25)15-5-3-14(4-6-15)21(22)23/h3-6,9-10,17H,7-8H2,1-2H3. The maximum atomic E-state index is 12.3. The number of nitro groups is 1. The fraction of sp³-hybridized carbons (Fsp3) is 0.250. The zero-order valence-corrected chi connectivity index (χ0v) is 16.2. The monoisotopic (exact) mass is 407 g/mol. The van der Waals surface area contributed by atoms with Crippen LogP contribution in [0.4, 0.5) is 5.69 Å². The van der Waals surface area contributed by atoms with Gasteiger partial charge in [0, 0.05) is 36.2 Å². The highest BCUT2D eigenvalue weighted by molar-refractivity contribution is 7.89. The minimum absolute atomic E-state index is 0.0188. The van der Waals surface area contributed by atoms with Crippen LogP contribution in [0.5, 0.6) is 0 Å². The summed E-state index contributed by atoms with van der Waals surface area (Å²) in [5, 5.41) is 17.6. The van der Waals surface area contributed by atoms with E-state index in [1.165, 1.54) is 23.5 Å². The van der Waals surface area contributed by atoms with Crippen molar-refractivity contribution in [1.82, 2.24) is 19.5 Å². The molecule has 0 unspecified atom stereocenters. The maximum Gasteiger partial charge on any atom is 0.269 e. The van der Waals surface area contributed by atoms with Gasteiger partial charge in [0.2, 0.25) is 15.2 Å². The number of benzene rings is 1. The molecule has 9 nitrogen and oxygen atoms in total. The highest BCUT2D eigenvalue weighted by atomic mass is 32.2. The molecule has 3 rings (SSSR count). The van der Waals surface area contributed by atoms with E-state index in [4.69, 9.17) is 0 Å². The molecule has 0 aliphatic carbocycles. The summed E-state index contributed by atoms with van der Waals surface area (Å²) >= 11 is 1.44. The molecule has 0 atom stereocenters. The SMILES string of the molecule is Cc1cc(C)n(-c2nc(CCNS(=O)(=O)c3ccc([N+](=O)[O-])cc3)cs2)n1. The van der Waals surface area contributed by atoms with Crippen LogP contribution in [0, 0.1) is 24.0 Å². The zero-order chi connectivity index (χ0) is 19.6. The van der Waals surface area contributed by atoms with Gasteiger partial charge < -0.3 is 0 Å². The van der Waals surface area contributed by atoms with E-state index in [-0.39, 0.29) is 17.1 Å². The quantitative estimate of drug-likeness (QED) is 0.474. The van der Waals surface area contributed by atoms with Crippen molar-refractivity contribution < 1.29 is 13.3 Å². The second-order valence-electron chi connectivity index (χ2n) is 5.86. The molecule has 2 heterocycles. The molecule has 3 aromatic rings. The lowest BCUT2D eigenvalue weighted by Gasteiger charge is -2.05. The Kier molecular flexibility index (Phi) is 5.35. The first kappa shape index (κ1) is 19.1. The van der Waals surface area contributed by atoms with Crippen LogP contribution in [0.3, 0.4) is 0 Å². The highest BCUT2D eigenvalue weighted by Gasteiger charge is 2.16. The van der Waals surface area contributed by atoms with Crippen molar-refractivity contribution in [3.05, 3.63) is 62.9 Å². The van der Waals surface area contributed by atoms with E-state index >= 15 is 0 Å². The molecule has 0 bridgehead atoms. The molecule has 27 heavy (non-hydrogen) atoms. The summed E-state index contributed by atoms with van der Waals surface area (Å²) in [5.74, 6) is 0. The fourth-order valence-electron chi connectivity index (χ4n) is 2.47. The van der Waals surface area contributed by atoms with Crippen LogP contribution in [-0.4, -0.2) is 34.7 Å². The molecule has 0 aliphatic heterocycles. The largest absolute Gasteiger partial charge is 0.269 e. The first-order valence-electron chi connectivity index (χ1n) is 7.98. The van der Waals surface area contributed by atoms with Gasteiger partial charge in [-0.05, 0) is 32.0 Å². The van der Waals surface area contributed by atoms with Crippen molar-refractivity contribution in [2.45, 2.75) is 25.2 Å². The summed E-state index contributed by atoms with van der Waals surface area (Å²) in [7, 11) is -3.74. The summed E-state index contributed by atoms with van der Waals surface area (Å²) in [6, 6.07) is 6.71. The Bertz CT molecular complexity index is 1070. The molecule has 0 saturated heterocycles. The van der Waals surface area contributed by atoms with Crippen molar-refractivity contribution >= 4 is 27.0 Å². The first-order chi connectivity index (χ1) is 12.8. The number of hydrogen-bond donors (Lipinski definition) is 1. The number of non-ortho nitro benzene ring substituents is 1. The van der Waals surface area contributed by atoms with Crippen LogP contribution >= 0.6 is 11.3 Å². The Morgan fingerprint density at radius 2 is 1.96 bits per heavy atom. The lowest BCUT2D eigenvalue weighted by molar-refractivity contribution is -0.384. The molecule has 2 aromatic heterocycles. The third-order valence-corrected chi connectivity index (χ3v) is 6.10. The third kappa shape index (κ3) is 4.38. The number of thiazole rings is 1. The highest BCUT2D eigenvalue weighted by Crippen LogP contribution is 2.18. The van der Waals surface area contributed by atoms with Crippen LogP contribution < -0.4 is 4.72 Å². The molecular weight excluding hydrogens is 390 g/mol. The smallest absolute Gasteiger partial charge is 0.258 e. The Hall–Kier alpha value is -2.63. The summed E-state index contributed by atoms with van der Waals surface area (Å²) in [6.07, 6.45) is 0.419. The molecular formula is C16H17N5O4S2.